The summed E-state index contributed by atoms with van der Waals surface area (Å²) >= 11 is 0. The normalized spacial score (nSPS) is 12.2. The number of methoxy groups -OCH3 is 1. The van der Waals surface area contributed by atoms with E-state index in [9.17, 15) is 0 Å². The molecular weight excluding hydrogens is 444 g/mol. The third kappa shape index (κ3) is 4.94. The molecule has 0 aliphatic rings. The van der Waals surface area contributed by atoms with E-state index in [-0.39, 0.29) is 5.92 Å². The van der Waals surface area contributed by atoms with Crippen LogP contribution in [0.2, 0.25) is 0 Å². The lowest BCUT2D eigenvalue weighted by atomic mass is 9.97. The second-order valence-electron chi connectivity index (χ2n) is 9.61. The summed E-state index contributed by atoms with van der Waals surface area (Å²) in [4.78, 5) is 5.07. The molecular formula is C32H34N2O2. The molecule has 0 saturated carbocycles. The standard InChI is InChI=1S/C32H34N2O2/c1-22-11-15-29(19-23(22)2)36-18-8-7-17-34-31-10-6-5-9-30(31)33-32(34)24(3)25-12-13-27-21-28(35-4)16-14-26(27)20-25/h5-6,9-16,19-21,24H,7-8,17-18H2,1-4H3. The highest BCUT2D eigenvalue weighted by molar-refractivity contribution is 5.85. The van der Waals surface area contributed by atoms with E-state index >= 15 is 0 Å². The van der Waals surface area contributed by atoms with Crippen molar-refractivity contribution in [2.45, 2.75) is 46.1 Å². The zero-order valence-electron chi connectivity index (χ0n) is 21.6. The maximum Gasteiger partial charge on any atom is 0.119 e. The Hall–Kier alpha value is -3.79. The summed E-state index contributed by atoms with van der Waals surface area (Å²) in [7, 11) is 1.71. The number of hydrogen-bond donors (Lipinski definition) is 0. The number of imidazole rings is 1. The lowest BCUT2D eigenvalue weighted by Crippen LogP contribution is -2.09. The van der Waals surface area contributed by atoms with Crippen LogP contribution in [0.5, 0.6) is 11.5 Å². The minimum atomic E-state index is 0.177. The minimum Gasteiger partial charge on any atom is -0.497 e. The molecule has 0 aliphatic heterocycles. The lowest BCUT2D eigenvalue weighted by molar-refractivity contribution is 0.303. The molecule has 4 nitrogen and oxygen atoms in total. The van der Waals surface area contributed by atoms with Crippen molar-refractivity contribution in [1.29, 1.82) is 0 Å². The number of aryl methyl sites for hydroxylation is 3. The van der Waals surface area contributed by atoms with Crippen molar-refractivity contribution < 1.29 is 9.47 Å². The first-order chi connectivity index (χ1) is 17.5. The molecule has 0 bridgehead atoms. The smallest absolute Gasteiger partial charge is 0.119 e. The number of fused-ring (bicyclic) bond motifs is 2. The van der Waals surface area contributed by atoms with Gasteiger partial charge in [-0.05, 0) is 90.6 Å². The average molecular weight is 479 g/mol. The monoisotopic (exact) mass is 478 g/mol. The average Bonchev–Trinajstić information content (AvgIpc) is 3.28. The van der Waals surface area contributed by atoms with Crippen LogP contribution in [0.1, 0.15) is 48.2 Å². The van der Waals surface area contributed by atoms with E-state index < -0.39 is 0 Å². The highest BCUT2D eigenvalue weighted by Gasteiger charge is 2.18. The highest BCUT2D eigenvalue weighted by Crippen LogP contribution is 2.31. The molecule has 5 aromatic rings. The number of benzene rings is 4. The molecule has 4 aromatic carbocycles. The van der Waals surface area contributed by atoms with Crippen LogP contribution in [-0.4, -0.2) is 23.3 Å². The molecule has 4 heteroatoms. The van der Waals surface area contributed by atoms with Crippen LogP contribution >= 0.6 is 0 Å². The van der Waals surface area contributed by atoms with Crippen molar-refractivity contribution in [1.82, 2.24) is 9.55 Å². The number of rotatable bonds is 9. The minimum absolute atomic E-state index is 0.177. The van der Waals surface area contributed by atoms with Gasteiger partial charge in [0.05, 0.1) is 24.8 Å². The van der Waals surface area contributed by atoms with Crippen LogP contribution in [0.4, 0.5) is 0 Å². The van der Waals surface area contributed by atoms with Crippen LogP contribution in [0, 0.1) is 13.8 Å². The van der Waals surface area contributed by atoms with E-state index in [2.05, 4.69) is 98.1 Å². The van der Waals surface area contributed by atoms with Crippen molar-refractivity contribution in [3.63, 3.8) is 0 Å². The van der Waals surface area contributed by atoms with Crippen LogP contribution in [-0.2, 0) is 6.54 Å². The number of hydrogen-bond acceptors (Lipinski definition) is 3. The molecule has 5 rings (SSSR count). The molecule has 0 amide bonds. The van der Waals surface area contributed by atoms with Gasteiger partial charge in [-0.3, -0.25) is 0 Å². The number of ether oxygens (including phenoxy) is 2. The van der Waals surface area contributed by atoms with Crippen molar-refractivity contribution in [3.8, 4) is 11.5 Å². The molecule has 0 radical (unpaired) electrons. The molecule has 1 aromatic heterocycles. The van der Waals surface area contributed by atoms with E-state index in [1.807, 2.05) is 6.07 Å². The molecule has 184 valence electrons. The summed E-state index contributed by atoms with van der Waals surface area (Å²) in [6.07, 6.45) is 2.02. The molecule has 0 aliphatic carbocycles. The summed E-state index contributed by atoms with van der Waals surface area (Å²) in [5, 5.41) is 2.40. The van der Waals surface area contributed by atoms with Crippen molar-refractivity contribution >= 4 is 21.8 Å². The molecule has 0 N–H and O–H groups in total. The first kappa shape index (κ1) is 23.9. The molecule has 1 atom stereocenters. The predicted molar refractivity (Wildman–Crippen MR) is 148 cm³/mol. The van der Waals surface area contributed by atoms with Crippen LogP contribution in [0.25, 0.3) is 21.8 Å². The SMILES string of the molecule is COc1ccc2cc(C(C)c3nc4ccccc4n3CCCCOc3ccc(C)c(C)c3)ccc2c1. The largest absolute Gasteiger partial charge is 0.497 e. The maximum absolute atomic E-state index is 6.02. The number of para-hydroxylation sites is 2. The van der Waals surface area contributed by atoms with Gasteiger partial charge in [-0.25, -0.2) is 4.98 Å². The third-order valence-corrected chi connectivity index (χ3v) is 7.17. The molecule has 0 fully saturated rings. The molecule has 1 unspecified atom stereocenters. The summed E-state index contributed by atoms with van der Waals surface area (Å²) in [5.74, 6) is 3.12. The van der Waals surface area contributed by atoms with E-state index in [1.54, 1.807) is 7.11 Å². The Kier molecular flexibility index (Phi) is 6.95. The van der Waals surface area contributed by atoms with E-state index in [4.69, 9.17) is 14.5 Å². The number of aromatic nitrogens is 2. The van der Waals surface area contributed by atoms with Gasteiger partial charge in [0, 0.05) is 12.5 Å². The van der Waals surface area contributed by atoms with Crippen molar-refractivity contribution in [2.24, 2.45) is 0 Å². The second kappa shape index (κ2) is 10.4. The summed E-state index contributed by atoms with van der Waals surface area (Å²) in [6.45, 7) is 8.14. The Bertz CT molecular complexity index is 1500. The van der Waals surface area contributed by atoms with Crippen LogP contribution < -0.4 is 9.47 Å². The fraction of sp³-hybridized carbons (Fsp3) is 0.281. The first-order valence-electron chi connectivity index (χ1n) is 12.8. The van der Waals surface area contributed by atoms with Gasteiger partial charge < -0.3 is 14.0 Å². The highest BCUT2D eigenvalue weighted by atomic mass is 16.5. The first-order valence-corrected chi connectivity index (χ1v) is 12.8. The number of nitrogens with zero attached hydrogens (tertiary/aromatic N) is 2. The van der Waals surface area contributed by atoms with E-state index in [0.29, 0.717) is 6.61 Å². The molecule has 1 heterocycles. The second-order valence-corrected chi connectivity index (χ2v) is 9.61. The Morgan fingerprint density at radius 1 is 0.806 bits per heavy atom. The molecule has 36 heavy (non-hydrogen) atoms. The zero-order chi connectivity index (χ0) is 25.1. The predicted octanol–water partition coefficient (Wildman–Crippen LogP) is 7.83. The van der Waals surface area contributed by atoms with Gasteiger partial charge in [-0.2, -0.15) is 0 Å². The van der Waals surface area contributed by atoms with Crippen molar-refractivity contribution in [2.75, 3.05) is 13.7 Å². The maximum atomic E-state index is 6.02. The van der Waals surface area contributed by atoms with E-state index in [1.165, 1.54) is 33.0 Å². The lowest BCUT2D eigenvalue weighted by Gasteiger charge is -2.16. The summed E-state index contributed by atoms with van der Waals surface area (Å²) in [5.41, 5.74) is 6.07. The van der Waals surface area contributed by atoms with Gasteiger partial charge in [0.25, 0.3) is 0 Å². The number of unbranched alkanes of at least 4 members (excludes halogenated alkanes) is 1. The quantitative estimate of drug-likeness (QED) is 0.203. The van der Waals surface area contributed by atoms with Crippen LogP contribution in [0.15, 0.2) is 78.9 Å². The van der Waals surface area contributed by atoms with Gasteiger partial charge in [-0.15, -0.1) is 0 Å². The molecule has 0 spiro atoms. The van der Waals surface area contributed by atoms with Crippen molar-refractivity contribution in [3.05, 3.63) is 101 Å². The zero-order valence-corrected chi connectivity index (χ0v) is 21.6. The Morgan fingerprint density at radius 3 is 2.42 bits per heavy atom. The van der Waals surface area contributed by atoms with Crippen LogP contribution in [0.3, 0.4) is 0 Å². The fourth-order valence-corrected chi connectivity index (χ4v) is 4.81. The van der Waals surface area contributed by atoms with Gasteiger partial charge >= 0.3 is 0 Å². The Labute approximate surface area is 213 Å². The third-order valence-electron chi connectivity index (χ3n) is 7.17. The summed E-state index contributed by atoms with van der Waals surface area (Å²) < 4.78 is 13.8. The Morgan fingerprint density at radius 2 is 1.58 bits per heavy atom. The van der Waals surface area contributed by atoms with E-state index in [0.717, 1.165) is 42.2 Å². The fourth-order valence-electron chi connectivity index (χ4n) is 4.81. The molecule has 0 saturated heterocycles. The summed E-state index contributed by atoms with van der Waals surface area (Å²) in [6, 6.07) is 27.7. The Balaban J connectivity index is 1.33. The van der Waals surface area contributed by atoms with Gasteiger partial charge in [-0.1, -0.05) is 49.4 Å². The topological polar surface area (TPSA) is 36.3 Å². The van der Waals surface area contributed by atoms with Gasteiger partial charge in [0.1, 0.15) is 17.3 Å². The van der Waals surface area contributed by atoms with Gasteiger partial charge in [0.15, 0.2) is 0 Å². The van der Waals surface area contributed by atoms with Gasteiger partial charge in [0.2, 0.25) is 0 Å².